The van der Waals surface area contributed by atoms with Gasteiger partial charge < -0.3 is 15.7 Å². The number of phenolic OH excluding ortho intramolecular Hbond substituents is 1. The van der Waals surface area contributed by atoms with E-state index in [1.165, 1.54) is 22.9 Å². The van der Waals surface area contributed by atoms with E-state index in [9.17, 15) is 19.1 Å². The van der Waals surface area contributed by atoms with Crippen LogP contribution in [0, 0.1) is 5.82 Å². The molecular weight excluding hydrogens is 507 g/mol. The molecule has 1 aromatic heterocycles. The van der Waals surface area contributed by atoms with Crippen LogP contribution in [0.5, 0.6) is 5.75 Å². The first kappa shape index (κ1) is 27.1. The van der Waals surface area contributed by atoms with Crippen LogP contribution < -0.4 is 10.6 Å². The average molecular weight is 541 g/mol. The molecule has 3 aromatic carbocycles. The topological polar surface area (TPSA) is 96.2 Å². The minimum atomic E-state index is -0.403. The van der Waals surface area contributed by atoms with Crippen LogP contribution in [0.3, 0.4) is 0 Å². The minimum absolute atomic E-state index is 0.0101. The quantitative estimate of drug-likeness (QED) is 0.230. The molecule has 1 aliphatic rings. The number of hydrogen-bond acceptors (Lipinski definition) is 4. The molecule has 0 unspecified atom stereocenters. The molecular formula is C32H33FN4O3. The molecule has 5 rings (SSSR count). The summed E-state index contributed by atoms with van der Waals surface area (Å²) in [5.41, 5.74) is 4.52. The van der Waals surface area contributed by atoms with Gasteiger partial charge in [0.05, 0.1) is 11.4 Å². The van der Waals surface area contributed by atoms with Gasteiger partial charge in [0.2, 0.25) is 0 Å². The third kappa shape index (κ3) is 5.91. The lowest BCUT2D eigenvalue weighted by atomic mass is 9.82. The molecule has 4 aromatic rings. The lowest BCUT2D eigenvalue weighted by Gasteiger charge is -2.25. The number of aromatic nitrogens is 2. The standard InChI is InChI=1S/C32H33FN4O3/c1-32(2,3)23-11-9-22(10-12-23)30(39)35-25-15-16-29(38)26(17-25)27-18-28(21-5-4-6-21)37(36-27)31(40)34-19-20-7-13-24(33)14-8-20/h7-18,21,38H,4-6,19H2,1-3H3,(H,34,40)(H,35,39). The van der Waals surface area contributed by atoms with Gasteiger partial charge in [-0.3, -0.25) is 4.79 Å². The summed E-state index contributed by atoms with van der Waals surface area (Å²) in [6.45, 7) is 6.58. The first-order chi connectivity index (χ1) is 19.1. The van der Waals surface area contributed by atoms with Gasteiger partial charge >= 0.3 is 6.03 Å². The zero-order valence-corrected chi connectivity index (χ0v) is 22.9. The molecule has 0 saturated heterocycles. The number of nitrogens with one attached hydrogen (secondary N) is 2. The van der Waals surface area contributed by atoms with E-state index in [4.69, 9.17) is 0 Å². The normalized spacial score (nSPS) is 13.5. The summed E-state index contributed by atoms with van der Waals surface area (Å²) < 4.78 is 14.6. The molecule has 2 amide bonds. The second-order valence-corrected chi connectivity index (χ2v) is 11.3. The van der Waals surface area contributed by atoms with E-state index in [0.29, 0.717) is 22.5 Å². The lowest BCUT2D eigenvalue weighted by Crippen LogP contribution is -2.31. The second kappa shape index (κ2) is 11.0. The lowest BCUT2D eigenvalue weighted by molar-refractivity contribution is 0.102. The maximum Gasteiger partial charge on any atom is 0.342 e. The van der Waals surface area contributed by atoms with Gasteiger partial charge in [-0.2, -0.15) is 9.78 Å². The molecule has 1 fully saturated rings. The molecule has 0 bridgehead atoms. The summed E-state index contributed by atoms with van der Waals surface area (Å²) in [6, 6.07) is 19.6. The number of aromatic hydroxyl groups is 1. The molecule has 1 saturated carbocycles. The van der Waals surface area contributed by atoms with E-state index in [0.717, 1.165) is 36.1 Å². The highest BCUT2D eigenvalue weighted by Gasteiger charge is 2.28. The highest BCUT2D eigenvalue weighted by molar-refractivity contribution is 6.04. The van der Waals surface area contributed by atoms with Crippen molar-refractivity contribution in [2.75, 3.05) is 5.32 Å². The summed E-state index contributed by atoms with van der Waals surface area (Å²) in [5.74, 6) is -0.420. The number of amides is 2. The number of nitrogens with zero attached hydrogens (tertiary/aromatic N) is 2. The Labute approximate surface area is 233 Å². The molecule has 1 heterocycles. The largest absolute Gasteiger partial charge is 0.507 e. The monoisotopic (exact) mass is 540 g/mol. The number of benzene rings is 3. The highest BCUT2D eigenvalue weighted by Crippen LogP contribution is 2.39. The Balaban J connectivity index is 1.37. The zero-order chi connectivity index (χ0) is 28.4. The van der Waals surface area contributed by atoms with Crippen LogP contribution in [0.4, 0.5) is 14.9 Å². The summed E-state index contributed by atoms with van der Waals surface area (Å²) in [6.07, 6.45) is 2.98. The van der Waals surface area contributed by atoms with Crippen molar-refractivity contribution < 1.29 is 19.1 Å². The molecule has 8 heteroatoms. The summed E-state index contributed by atoms with van der Waals surface area (Å²) in [4.78, 5) is 26.1. The predicted octanol–water partition coefficient (Wildman–Crippen LogP) is 6.97. The Bertz CT molecular complexity index is 1530. The van der Waals surface area contributed by atoms with Crippen LogP contribution in [-0.4, -0.2) is 26.8 Å². The number of carbonyl (C=O) groups excluding carboxylic acids is 2. The molecule has 1 aliphatic carbocycles. The van der Waals surface area contributed by atoms with Crippen LogP contribution in [0.25, 0.3) is 11.3 Å². The number of rotatable bonds is 6. The molecule has 0 spiro atoms. The van der Waals surface area contributed by atoms with Gasteiger partial charge in [-0.15, -0.1) is 0 Å². The third-order valence-corrected chi connectivity index (χ3v) is 7.35. The molecule has 0 radical (unpaired) electrons. The number of carbonyl (C=O) groups is 2. The Kier molecular flexibility index (Phi) is 7.43. The van der Waals surface area contributed by atoms with Gasteiger partial charge in [-0.25, -0.2) is 9.18 Å². The van der Waals surface area contributed by atoms with Crippen molar-refractivity contribution >= 4 is 17.6 Å². The van der Waals surface area contributed by atoms with Crippen molar-refractivity contribution in [2.45, 2.75) is 57.9 Å². The SMILES string of the molecule is CC(C)(C)c1ccc(C(=O)Nc2ccc(O)c(-c3cc(C4CCC4)n(C(=O)NCc4ccc(F)cc4)n3)c2)cc1. The fourth-order valence-electron chi connectivity index (χ4n) is 4.68. The van der Waals surface area contributed by atoms with Gasteiger partial charge in [0.15, 0.2) is 0 Å². The van der Waals surface area contributed by atoms with E-state index in [1.807, 2.05) is 18.2 Å². The van der Waals surface area contributed by atoms with Gasteiger partial charge in [-0.1, -0.05) is 51.5 Å². The Morgan fingerprint density at radius 1 is 1.00 bits per heavy atom. The number of hydrogen-bond donors (Lipinski definition) is 3. The third-order valence-electron chi connectivity index (χ3n) is 7.35. The number of halogens is 1. The minimum Gasteiger partial charge on any atom is -0.507 e. The fourth-order valence-corrected chi connectivity index (χ4v) is 4.68. The van der Waals surface area contributed by atoms with Crippen molar-refractivity contribution in [1.82, 2.24) is 15.1 Å². The summed E-state index contributed by atoms with van der Waals surface area (Å²) in [5, 5.41) is 21.0. The van der Waals surface area contributed by atoms with Crippen molar-refractivity contribution in [3.05, 3.63) is 101 Å². The van der Waals surface area contributed by atoms with Crippen LogP contribution in [-0.2, 0) is 12.0 Å². The first-order valence-electron chi connectivity index (χ1n) is 13.5. The molecule has 40 heavy (non-hydrogen) atoms. The highest BCUT2D eigenvalue weighted by atomic mass is 19.1. The van der Waals surface area contributed by atoms with Crippen molar-refractivity contribution in [2.24, 2.45) is 0 Å². The fraction of sp³-hybridized carbons (Fsp3) is 0.281. The van der Waals surface area contributed by atoms with E-state index in [2.05, 4.69) is 36.5 Å². The van der Waals surface area contributed by atoms with Gasteiger partial charge in [0.1, 0.15) is 11.6 Å². The Morgan fingerprint density at radius 2 is 1.70 bits per heavy atom. The first-order valence-corrected chi connectivity index (χ1v) is 13.5. The smallest absolute Gasteiger partial charge is 0.342 e. The average Bonchev–Trinajstić information content (AvgIpc) is 3.32. The number of anilines is 1. The molecule has 0 aliphatic heterocycles. The van der Waals surface area contributed by atoms with Gasteiger partial charge in [0.25, 0.3) is 5.91 Å². The number of phenols is 1. The summed E-state index contributed by atoms with van der Waals surface area (Å²) >= 11 is 0. The van der Waals surface area contributed by atoms with Crippen LogP contribution in [0.2, 0.25) is 0 Å². The second-order valence-electron chi connectivity index (χ2n) is 11.3. The molecule has 0 atom stereocenters. The van der Waals surface area contributed by atoms with Crippen molar-refractivity contribution in [3.8, 4) is 17.0 Å². The zero-order valence-electron chi connectivity index (χ0n) is 22.9. The van der Waals surface area contributed by atoms with Gasteiger partial charge in [-0.05, 0) is 77.9 Å². The molecule has 206 valence electrons. The molecule has 7 nitrogen and oxygen atoms in total. The van der Waals surface area contributed by atoms with Crippen LogP contribution >= 0.6 is 0 Å². The van der Waals surface area contributed by atoms with Crippen LogP contribution in [0.1, 0.15) is 73.1 Å². The maximum atomic E-state index is 13.2. The van der Waals surface area contributed by atoms with E-state index in [1.54, 1.807) is 36.4 Å². The van der Waals surface area contributed by atoms with E-state index in [-0.39, 0.29) is 35.4 Å². The molecule has 3 N–H and O–H groups in total. The van der Waals surface area contributed by atoms with Crippen LogP contribution in [0.15, 0.2) is 72.8 Å². The predicted molar refractivity (Wildman–Crippen MR) is 153 cm³/mol. The van der Waals surface area contributed by atoms with Crippen molar-refractivity contribution in [3.63, 3.8) is 0 Å². The maximum absolute atomic E-state index is 13.2. The van der Waals surface area contributed by atoms with E-state index >= 15 is 0 Å². The van der Waals surface area contributed by atoms with E-state index < -0.39 is 6.03 Å². The Hall–Kier alpha value is -4.46. The van der Waals surface area contributed by atoms with Crippen molar-refractivity contribution in [1.29, 1.82) is 0 Å². The Morgan fingerprint density at radius 3 is 2.33 bits per heavy atom. The van der Waals surface area contributed by atoms with Gasteiger partial charge in [0, 0.05) is 29.3 Å². The summed E-state index contributed by atoms with van der Waals surface area (Å²) in [7, 11) is 0.